The minimum Gasteiger partial charge on any atom is -0.427 e. The van der Waals surface area contributed by atoms with Crippen molar-refractivity contribution >= 4 is 38.8 Å². The molecule has 8 heteroatoms. The van der Waals surface area contributed by atoms with Crippen LogP contribution in [0, 0.1) is 23.2 Å². The van der Waals surface area contributed by atoms with Crippen LogP contribution in [0.3, 0.4) is 0 Å². The Morgan fingerprint density at radius 3 is 2.08 bits per heavy atom. The summed E-state index contributed by atoms with van der Waals surface area (Å²) in [5.41, 5.74) is -0.0861. The van der Waals surface area contributed by atoms with Gasteiger partial charge in [0.1, 0.15) is 5.78 Å². The minimum atomic E-state index is -2.89. The summed E-state index contributed by atoms with van der Waals surface area (Å²) in [7, 11) is -4.92. The number of hydrogen-bond donors (Lipinski definition) is 0. The smallest absolute Gasteiger partial charge is 0.319 e. The van der Waals surface area contributed by atoms with Crippen LogP contribution in [0.4, 0.5) is 0 Å². The van der Waals surface area contributed by atoms with Gasteiger partial charge in [-0.1, -0.05) is 145 Å². The molecule has 0 aromatic heterocycles. The summed E-state index contributed by atoms with van der Waals surface area (Å²) in [6, 6.07) is 24.5. The van der Waals surface area contributed by atoms with E-state index in [0.29, 0.717) is 25.9 Å². The number of rotatable bonds is 21. The highest BCUT2D eigenvalue weighted by Gasteiger charge is 2.73. The fourth-order valence-corrected chi connectivity index (χ4v) is 18.9. The summed E-state index contributed by atoms with van der Waals surface area (Å²) >= 11 is 0. The molecule has 2 heterocycles. The van der Waals surface area contributed by atoms with Gasteiger partial charge in [0.15, 0.2) is 8.32 Å². The first kappa shape index (κ1) is 45.6. The molecule has 4 aliphatic rings. The van der Waals surface area contributed by atoms with Crippen LogP contribution in [0.15, 0.2) is 96.6 Å². The van der Waals surface area contributed by atoms with Gasteiger partial charge in [0.05, 0.1) is 23.5 Å². The molecule has 5 bridgehead atoms. The molecule has 1 saturated carbocycles. The second-order valence-corrected chi connectivity index (χ2v) is 27.9. The number of benzene rings is 2. The van der Waals surface area contributed by atoms with Crippen molar-refractivity contribution in [1.82, 2.24) is 0 Å². The molecule has 0 amide bonds. The first-order chi connectivity index (χ1) is 28.4. The fourth-order valence-electron chi connectivity index (χ4n) is 11.4. The average molecular weight is 839 g/mol. The molecule has 0 unspecified atom stereocenters. The van der Waals surface area contributed by atoms with Crippen molar-refractivity contribution in [2.75, 3.05) is 6.61 Å². The quantitative estimate of drug-likeness (QED) is 0.0540. The molecular weight excluding hydrogens is 765 g/mol. The number of Topliss-reactive ketones (excluding diaryl/α,β-unsaturated/α-hetero) is 1. The van der Waals surface area contributed by atoms with E-state index in [9.17, 15) is 9.59 Å². The number of hydrogen-bond acceptors (Lipinski definition) is 6. The lowest BCUT2D eigenvalue weighted by molar-refractivity contribution is -0.286. The Bertz CT molecular complexity index is 1750. The number of unbranched alkanes of at least 4 members (excludes halogenated alkanes) is 3. The normalized spacial score (nSPS) is 27.6. The number of ether oxygens (including phenoxy) is 2. The minimum absolute atomic E-state index is 0.0318. The Morgan fingerprint density at radius 1 is 0.864 bits per heavy atom. The standard InChI is InChI=1S/C51H74O6Si2/c1-9-14-16-17-18-22-27-39-37-46-50(35-36-54-59(49(6,7)8,40-28-23-19-24-29-40)41-30-25-20-26-31-41)34-33-43(52)47-42(39)38-45(55-51(46,47)56-48(50)53)44(32-21-15-10-2)57-58(11-3,12-4)13-5/h9-10,14-15,19-20,23-26,28-31,37,39,42,44-45,47H,11-13,16-18,21-22,27,32-36,38H2,1-8H3/b14-9+,15-10+/t39-,42+,44-,45+,47+,50-,51+/m0/s1. The van der Waals surface area contributed by atoms with Gasteiger partial charge in [0.25, 0.3) is 8.32 Å². The number of esters is 1. The molecule has 2 saturated heterocycles. The summed E-state index contributed by atoms with van der Waals surface area (Å²) in [5, 5.41) is 2.21. The van der Waals surface area contributed by atoms with Gasteiger partial charge in [-0.3, -0.25) is 9.59 Å². The zero-order valence-electron chi connectivity index (χ0n) is 37.6. The maximum absolute atomic E-state index is 15.0. The number of carbonyl (C=O) groups is 2. The molecule has 3 fully saturated rings. The first-order valence-electron chi connectivity index (χ1n) is 23.2. The molecular formula is C51H74O6Si2. The van der Waals surface area contributed by atoms with E-state index >= 15 is 0 Å². The van der Waals surface area contributed by atoms with Gasteiger partial charge in [-0.25, -0.2) is 0 Å². The van der Waals surface area contributed by atoms with Gasteiger partial charge in [-0.2, -0.15) is 0 Å². The largest absolute Gasteiger partial charge is 0.427 e. The number of ketones is 1. The SMILES string of the molecule is C/C=C/CCCCC[C@H]1C=C2[C@@]3(CCO[Si](c4ccccc4)(c4ccccc4)C(C)(C)C)CCC(=O)[C@H]4[C@@H]1C[C@H]([C@H](CC/C=C/C)O[Si](CC)(CC)CC)O[C@@]24OC3=O. The van der Waals surface area contributed by atoms with Crippen LogP contribution in [-0.2, 0) is 27.9 Å². The van der Waals surface area contributed by atoms with Crippen molar-refractivity contribution in [2.45, 2.75) is 167 Å². The highest BCUT2D eigenvalue weighted by molar-refractivity contribution is 6.99. The third-order valence-electron chi connectivity index (χ3n) is 14.8. The summed E-state index contributed by atoms with van der Waals surface area (Å²) < 4.78 is 29.0. The van der Waals surface area contributed by atoms with Crippen LogP contribution >= 0.6 is 0 Å². The highest BCUT2D eigenvalue weighted by atomic mass is 28.4. The number of allylic oxidation sites excluding steroid dienone is 5. The van der Waals surface area contributed by atoms with E-state index in [0.717, 1.165) is 75.1 Å². The molecule has 1 spiro atoms. The van der Waals surface area contributed by atoms with Crippen molar-refractivity contribution < 1.29 is 27.9 Å². The lowest BCUT2D eigenvalue weighted by atomic mass is 9.60. The summed E-state index contributed by atoms with van der Waals surface area (Å²) in [6.45, 7) is 18.2. The zero-order chi connectivity index (χ0) is 42.3. The van der Waals surface area contributed by atoms with Crippen LogP contribution in [-0.4, -0.2) is 53.0 Å². The molecule has 0 N–H and O–H groups in total. The zero-order valence-corrected chi connectivity index (χ0v) is 39.6. The Labute approximate surface area is 358 Å². The molecule has 2 aromatic carbocycles. The van der Waals surface area contributed by atoms with Crippen LogP contribution in [0.1, 0.15) is 126 Å². The fraction of sp³-hybridized carbons (Fsp3) is 0.608. The van der Waals surface area contributed by atoms with Crippen LogP contribution < -0.4 is 10.4 Å². The number of carbonyl (C=O) groups excluding carboxylic acids is 2. The van der Waals surface area contributed by atoms with E-state index in [1.54, 1.807) is 0 Å². The Morgan fingerprint density at radius 2 is 1.49 bits per heavy atom. The topological polar surface area (TPSA) is 71.1 Å². The molecule has 6 rings (SSSR count). The van der Waals surface area contributed by atoms with Crippen molar-refractivity contribution in [3.8, 4) is 0 Å². The van der Waals surface area contributed by atoms with E-state index < -0.39 is 33.8 Å². The first-order valence-corrected chi connectivity index (χ1v) is 27.7. The maximum Gasteiger partial charge on any atom is 0.319 e. The molecule has 2 aliphatic carbocycles. The lowest BCUT2D eigenvalue weighted by Crippen LogP contribution is -2.66. The summed E-state index contributed by atoms with van der Waals surface area (Å²) in [5.74, 6) is -1.76. The van der Waals surface area contributed by atoms with E-state index in [1.165, 1.54) is 10.4 Å². The van der Waals surface area contributed by atoms with Crippen molar-refractivity contribution in [1.29, 1.82) is 0 Å². The van der Waals surface area contributed by atoms with E-state index in [-0.39, 0.29) is 40.8 Å². The highest BCUT2D eigenvalue weighted by Crippen LogP contribution is 2.65. The van der Waals surface area contributed by atoms with Gasteiger partial charge < -0.3 is 18.3 Å². The molecule has 0 radical (unpaired) electrons. The molecule has 59 heavy (non-hydrogen) atoms. The Hall–Kier alpha value is -2.89. The molecule has 2 aromatic rings. The molecule has 2 aliphatic heterocycles. The van der Waals surface area contributed by atoms with Crippen LogP contribution in [0.5, 0.6) is 0 Å². The van der Waals surface area contributed by atoms with Crippen molar-refractivity contribution in [2.24, 2.45) is 23.2 Å². The molecule has 322 valence electrons. The second kappa shape index (κ2) is 19.4. The summed E-state index contributed by atoms with van der Waals surface area (Å²) in [6.07, 6.45) is 19.8. The van der Waals surface area contributed by atoms with Crippen molar-refractivity contribution in [3.05, 3.63) is 96.6 Å². The van der Waals surface area contributed by atoms with E-state index in [1.807, 2.05) is 0 Å². The van der Waals surface area contributed by atoms with E-state index in [2.05, 4.69) is 146 Å². The Kier molecular flexibility index (Phi) is 15.0. The second-order valence-electron chi connectivity index (χ2n) is 18.9. The average Bonchev–Trinajstić information content (AvgIpc) is 3.42. The Balaban J connectivity index is 1.41. The third-order valence-corrected chi connectivity index (χ3v) is 24.5. The van der Waals surface area contributed by atoms with E-state index in [4.69, 9.17) is 18.3 Å². The molecule has 7 atom stereocenters. The monoisotopic (exact) mass is 839 g/mol. The van der Waals surface area contributed by atoms with Gasteiger partial charge in [-0.15, -0.1) is 0 Å². The molecule has 6 nitrogen and oxygen atoms in total. The van der Waals surface area contributed by atoms with Gasteiger partial charge >= 0.3 is 5.97 Å². The van der Waals surface area contributed by atoms with Gasteiger partial charge in [0, 0.05) is 18.6 Å². The van der Waals surface area contributed by atoms with Crippen LogP contribution in [0.25, 0.3) is 0 Å². The van der Waals surface area contributed by atoms with Crippen LogP contribution in [0.2, 0.25) is 23.2 Å². The van der Waals surface area contributed by atoms with Gasteiger partial charge in [-0.05, 0) is 111 Å². The predicted octanol–water partition coefficient (Wildman–Crippen LogP) is 11.4. The lowest BCUT2D eigenvalue weighted by Gasteiger charge is -2.54. The maximum atomic E-state index is 15.0. The van der Waals surface area contributed by atoms with Crippen molar-refractivity contribution in [3.63, 3.8) is 0 Å². The summed E-state index contributed by atoms with van der Waals surface area (Å²) in [4.78, 5) is 29.6. The predicted molar refractivity (Wildman–Crippen MR) is 246 cm³/mol. The van der Waals surface area contributed by atoms with Gasteiger partial charge in [0.2, 0.25) is 5.79 Å². The third kappa shape index (κ3) is 8.77.